The van der Waals surface area contributed by atoms with E-state index >= 15 is 0 Å². The number of carbonyl (C=O) groups is 1. The number of carbonyl (C=O) groups excluding carboxylic acids is 1. The summed E-state index contributed by atoms with van der Waals surface area (Å²) in [7, 11) is 1.48. The molecule has 17 heavy (non-hydrogen) atoms. The van der Waals surface area contributed by atoms with Gasteiger partial charge >= 0.3 is 0 Å². The van der Waals surface area contributed by atoms with Crippen LogP contribution in [0.3, 0.4) is 0 Å². The molecule has 1 amide bonds. The molecule has 92 valence electrons. The third-order valence-corrected chi connectivity index (χ3v) is 2.70. The Labute approximate surface area is 104 Å². The van der Waals surface area contributed by atoms with Gasteiger partial charge in [0.25, 0.3) is 5.91 Å². The predicted molar refractivity (Wildman–Crippen MR) is 62.5 cm³/mol. The van der Waals surface area contributed by atoms with E-state index in [2.05, 4.69) is 10.3 Å². The highest BCUT2D eigenvalue weighted by atomic mass is 35.5. The van der Waals surface area contributed by atoms with E-state index in [4.69, 9.17) is 21.1 Å². The van der Waals surface area contributed by atoms with Crippen LogP contribution in [0.4, 0.5) is 0 Å². The van der Waals surface area contributed by atoms with E-state index in [0.717, 1.165) is 6.42 Å². The number of nitrogens with zero attached hydrogens (tertiary/aromatic N) is 1. The van der Waals surface area contributed by atoms with Crippen molar-refractivity contribution in [3.63, 3.8) is 0 Å². The highest BCUT2D eigenvalue weighted by Crippen LogP contribution is 2.16. The molecule has 1 N–H and O–H groups in total. The van der Waals surface area contributed by atoms with Crippen LogP contribution < -0.4 is 10.1 Å². The van der Waals surface area contributed by atoms with Crippen molar-refractivity contribution < 1.29 is 14.3 Å². The average molecular weight is 257 g/mol. The Bertz CT molecular complexity index is 419. The fraction of sp³-hybridized carbons (Fsp3) is 0.455. The van der Waals surface area contributed by atoms with Gasteiger partial charge in [0.15, 0.2) is 0 Å². The Hall–Kier alpha value is -1.33. The summed E-state index contributed by atoms with van der Waals surface area (Å²) in [6.45, 7) is 1.24. The first-order chi connectivity index (χ1) is 8.19. The van der Waals surface area contributed by atoms with Crippen molar-refractivity contribution in [1.82, 2.24) is 10.3 Å². The molecule has 0 aliphatic carbocycles. The van der Waals surface area contributed by atoms with Crippen LogP contribution >= 0.6 is 11.6 Å². The number of methoxy groups -OCH3 is 1. The van der Waals surface area contributed by atoms with Gasteiger partial charge in [-0.2, -0.15) is 0 Å². The minimum atomic E-state index is -0.192. The van der Waals surface area contributed by atoms with Crippen LogP contribution in [0.1, 0.15) is 16.8 Å². The van der Waals surface area contributed by atoms with Crippen molar-refractivity contribution in [2.24, 2.45) is 0 Å². The summed E-state index contributed by atoms with van der Waals surface area (Å²) in [5.41, 5.74) is 0.439. The van der Waals surface area contributed by atoms with Crippen LogP contribution in [0, 0.1) is 0 Å². The summed E-state index contributed by atoms with van der Waals surface area (Å²) >= 11 is 5.79. The van der Waals surface area contributed by atoms with Gasteiger partial charge in [0.05, 0.1) is 19.8 Å². The molecule has 6 heteroatoms. The SMILES string of the molecule is COc1cc(C(=O)NC2CCOC2)cc(Cl)n1. The summed E-state index contributed by atoms with van der Waals surface area (Å²) in [6, 6.07) is 3.13. The normalized spacial score (nSPS) is 19.1. The van der Waals surface area contributed by atoms with Crippen LogP contribution in [0.15, 0.2) is 12.1 Å². The second-order valence-electron chi connectivity index (χ2n) is 3.75. The molecule has 1 aliphatic heterocycles. The average Bonchev–Trinajstić information content (AvgIpc) is 2.81. The molecule has 1 aromatic rings. The number of hydrogen-bond acceptors (Lipinski definition) is 4. The minimum Gasteiger partial charge on any atom is -0.481 e. The highest BCUT2D eigenvalue weighted by molar-refractivity contribution is 6.29. The van der Waals surface area contributed by atoms with Crippen LogP contribution in [-0.4, -0.2) is 37.3 Å². The van der Waals surface area contributed by atoms with E-state index in [0.29, 0.717) is 24.7 Å². The minimum absolute atomic E-state index is 0.0698. The molecule has 1 fully saturated rings. The summed E-state index contributed by atoms with van der Waals surface area (Å²) in [5.74, 6) is 0.133. The third-order valence-electron chi connectivity index (χ3n) is 2.51. The molecule has 1 aliphatic rings. The number of pyridine rings is 1. The zero-order valence-corrected chi connectivity index (χ0v) is 10.2. The van der Waals surface area contributed by atoms with Crippen molar-refractivity contribution in [3.8, 4) is 5.88 Å². The summed E-state index contributed by atoms with van der Waals surface area (Å²) in [4.78, 5) is 15.8. The lowest BCUT2D eigenvalue weighted by Crippen LogP contribution is -2.35. The van der Waals surface area contributed by atoms with Crippen LogP contribution in [0.5, 0.6) is 5.88 Å². The number of halogens is 1. The van der Waals surface area contributed by atoms with Gasteiger partial charge in [0.2, 0.25) is 5.88 Å². The maximum Gasteiger partial charge on any atom is 0.251 e. The molecule has 0 saturated carbocycles. The van der Waals surface area contributed by atoms with E-state index < -0.39 is 0 Å². The first-order valence-electron chi connectivity index (χ1n) is 5.29. The van der Waals surface area contributed by atoms with Gasteiger partial charge in [-0.15, -0.1) is 0 Å². The topological polar surface area (TPSA) is 60.5 Å². The van der Waals surface area contributed by atoms with Crippen molar-refractivity contribution >= 4 is 17.5 Å². The van der Waals surface area contributed by atoms with Crippen LogP contribution in [0.25, 0.3) is 0 Å². The van der Waals surface area contributed by atoms with E-state index in [-0.39, 0.29) is 17.1 Å². The van der Waals surface area contributed by atoms with Gasteiger partial charge in [-0.3, -0.25) is 4.79 Å². The number of rotatable bonds is 3. The van der Waals surface area contributed by atoms with Gasteiger partial charge in [0.1, 0.15) is 5.15 Å². The fourth-order valence-electron chi connectivity index (χ4n) is 1.63. The summed E-state index contributed by atoms with van der Waals surface area (Å²) in [5, 5.41) is 3.10. The standard InChI is InChI=1S/C11H13ClN2O3/c1-16-10-5-7(4-9(12)14-10)11(15)13-8-2-3-17-6-8/h4-5,8H,2-3,6H2,1H3,(H,13,15). The quantitative estimate of drug-likeness (QED) is 0.828. The maximum atomic E-state index is 11.9. The third kappa shape index (κ3) is 3.08. The van der Waals surface area contributed by atoms with Crippen molar-refractivity contribution in [1.29, 1.82) is 0 Å². The van der Waals surface area contributed by atoms with Gasteiger partial charge in [-0.05, 0) is 12.5 Å². The molecule has 0 bridgehead atoms. The molecule has 5 nitrogen and oxygen atoms in total. The van der Waals surface area contributed by atoms with Gasteiger partial charge in [0, 0.05) is 18.2 Å². The number of nitrogens with one attached hydrogen (secondary N) is 1. The van der Waals surface area contributed by atoms with Crippen molar-refractivity contribution in [2.75, 3.05) is 20.3 Å². The predicted octanol–water partition coefficient (Wildman–Crippen LogP) is 1.26. The van der Waals surface area contributed by atoms with Gasteiger partial charge in [-0.25, -0.2) is 4.98 Å². The molecule has 1 saturated heterocycles. The molecule has 1 aromatic heterocycles. The van der Waals surface area contributed by atoms with Crippen LogP contribution in [-0.2, 0) is 4.74 Å². The lowest BCUT2D eigenvalue weighted by Gasteiger charge is -2.11. The molecule has 2 rings (SSSR count). The molecule has 0 radical (unpaired) electrons. The molecular weight excluding hydrogens is 244 g/mol. The Kier molecular flexibility index (Phi) is 3.81. The number of hydrogen-bond donors (Lipinski definition) is 1. The second kappa shape index (κ2) is 5.33. The lowest BCUT2D eigenvalue weighted by molar-refractivity contribution is 0.0929. The highest BCUT2D eigenvalue weighted by Gasteiger charge is 2.19. The Morgan fingerprint density at radius 3 is 3.12 bits per heavy atom. The van der Waals surface area contributed by atoms with Gasteiger partial charge in [-0.1, -0.05) is 11.6 Å². The second-order valence-corrected chi connectivity index (χ2v) is 4.14. The molecule has 1 atom stereocenters. The Morgan fingerprint density at radius 1 is 1.65 bits per heavy atom. The first-order valence-corrected chi connectivity index (χ1v) is 5.67. The number of ether oxygens (including phenoxy) is 2. The van der Waals surface area contributed by atoms with Crippen LogP contribution in [0.2, 0.25) is 5.15 Å². The zero-order chi connectivity index (χ0) is 12.3. The number of aromatic nitrogens is 1. The molecule has 2 heterocycles. The van der Waals surface area contributed by atoms with E-state index in [9.17, 15) is 4.79 Å². The Morgan fingerprint density at radius 2 is 2.47 bits per heavy atom. The molecule has 0 spiro atoms. The largest absolute Gasteiger partial charge is 0.481 e. The number of amides is 1. The van der Waals surface area contributed by atoms with Crippen molar-refractivity contribution in [3.05, 3.63) is 22.8 Å². The first kappa shape index (κ1) is 12.1. The summed E-state index contributed by atoms with van der Waals surface area (Å²) < 4.78 is 10.1. The molecular formula is C11H13ClN2O3. The molecule has 1 unspecified atom stereocenters. The van der Waals surface area contributed by atoms with E-state index in [1.165, 1.54) is 13.2 Å². The summed E-state index contributed by atoms with van der Waals surface area (Å²) in [6.07, 6.45) is 0.835. The molecule has 0 aromatic carbocycles. The van der Waals surface area contributed by atoms with Crippen molar-refractivity contribution in [2.45, 2.75) is 12.5 Å². The monoisotopic (exact) mass is 256 g/mol. The van der Waals surface area contributed by atoms with E-state index in [1.807, 2.05) is 0 Å². The maximum absolute atomic E-state index is 11.9. The van der Waals surface area contributed by atoms with Gasteiger partial charge < -0.3 is 14.8 Å². The smallest absolute Gasteiger partial charge is 0.251 e. The lowest BCUT2D eigenvalue weighted by atomic mass is 10.2. The van der Waals surface area contributed by atoms with E-state index in [1.54, 1.807) is 6.07 Å². The fourth-order valence-corrected chi connectivity index (χ4v) is 1.83. The zero-order valence-electron chi connectivity index (χ0n) is 9.40. The Balaban J connectivity index is 2.09.